The standard InChI is InChI=1S/C18H19F3N2OS/c1-13-3-7-15(8-4-13)22-17(25)23(12-18(19,20)21)11-14-5-9-16(24-2)10-6-14/h3-10H,11-12H2,1-2H3,(H,22,25). The van der Waals surface area contributed by atoms with E-state index in [0.29, 0.717) is 17.0 Å². The Morgan fingerprint density at radius 3 is 2.20 bits per heavy atom. The van der Waals surface area contributed by atoms with Crippen LogP contribution < -0.4 is 10.1 Å². The van der Waals surface area contributed by atoms with Gasteiger partial charge in [0.2, 0.25) is 0 Å². The summed E-state index contributed by atoms with van der Waals surface area (Å²) in [5, 5.41) is 2.89. The normalized spacial score (nSPS) is 11.1. The van der Waals surface area contributed by atoms with Crippen LogP contribution in [0.4, 0.5) is 18.9 Å². The van der Waals surface area contributed by atoms with Gasteiger partial charge >= 0.3 is 6.18 Å². The number of nitrogens with zero attached hydrogens (tertiary/aromatic N) is 1. The van der Waals surface area contributed by atoms with Crippen LogP contribution in [-0.2, 0) is 6.54 Å². The van der Waals surface area contributed by atoms with E-state index in [1.165, 1.54) is 7.11 Å². The molecule has 3 nitrogen and oxygen atoms in total. The fourth-order valence-electron chi connectivity index (χ4n) is 2.21. The number of aryl methyl sites for hydroxylation is 1. The van der Waals surface area contributed by atoms with Gasteiger partial charge in [0.15, 0.2) is 5.11 Å². The molecule has 0 radical (unpaired) electrons. The van der Waals surface area contributed by atoms with E-state index >= 15 is 0 Å². The van der Waals surface area contributed by atoms with Crippen LogP contribution in [0.5, 0.6) is 5.75 Å². The molecule has 0 aliphatic rings. The third-order valence-corrected chi connectivity index (χ3v) is 3.85. The Hall–Kier alpha value is -2.28. The van der Waals surface area contributed by atoms with Gasteiger partial charge in [-0.25, -0.2) is 0 Å². The molecule has 0 atom stereocenters. The largest absolute Gasteiger partial charge is 0.497 e. The SMILES string of the molecule is COc1ccc(CN(CC(F)(F)F)C(=S)Nc2ccc(C)cc2)cc1. The highest BCUT2D eigenvalue weighted by Gasteiger charge is 2.32. The number of alkyl halides is 3. The number of ether oxygens (including phenoxy) is 1. The highest BCUT2D eigenvalue weighted by Crippen LogP contribution is 2.21. The lowest BCUT2D eigenvalue weighted by Gasteiger charge is -2.27. The van der Waals surface area contributed by atoms with Gasteiger partial charge in [-0.15, -0.1) is 0 Å². The molecule has 0 unspecified atom stereocenters. The summed E-state index contributed by atoms with van der Waals surface area (Å²) in [6, 6.07) is 14.1. The Balaban J connectivity index is 2.13. The molecule has 0 aliphatic carbocycles. The molecular formula is C18H19F3N2OS. The minimum Gasteiger partial charge on any atom is -0.497 e. The summed E-state index contributed by atoms with van der Waals surface area (Å²) in [4.78, 5) is 1.09. The quantitative estimate of drug-likeness (QED) is 0.769. The van der Waals surface area contributed by atoms with E-state index in [-0.39, 0.29) is 11.7 Å². The summed E-state index contributed by atoms with van der Waals surface area (Å²) in [6.45, 7) is 0.847. The average Bonchev–Trinajstić information content (AvgIpc) is 2.56. The van der Waals surface area contributed by atoms with E-state index in [9.17, 15) is 13.2 Å². The van der Waals surface area contributed by atoms with Crippen molar-refractivity contribution in [1.29, 1.82) is 0 Å². The predicted octanol–water partition coefficient (Wildman–Crippen LogP) is 4.76. The van der Waals surface area contributed by atoms with Crippen LogP contribution >= 0.6 is 12.2 Å². The Labute approximate surface area is 150 Å². The maximum Gasteiger partial charge on any atom is 0.406 e. The van der Waals surface area contributed by atoms with E-state index in [1.807, 2.05) is 19.1 Å². The third kappa shape index (κ3) is 6.26. The van der Waals surface area contributed by atoms with Gasteiger partial charge in [-0.05, 0) is 49.0 Å². The van der Waals surface area contributed by atoms with Gasteiger partial charge in [0.25, 0.3) is 0 Å². The van der Waals surface area contributed by atoms with Crippen molar-refractivity contribution in [3.8, 4) is 5.75 Å². The van der Waals surface area contributed by atoms with Crippen molar-refractivity contribution < 1.29 is 17.9 Å². The summed E-state index contributed by atoms with van der Waals surface area (Å²) in [6.07, 6.45) is -4.36. The maximum atomic E-state index is 12.9. The number of hydrogen-bond donors (Lipinski definition) is 1. The minimum atomic E-state index is -4.36. The number of benzene rings is 2. The van der Waals surface area contributed by atoms with E-state index < -0.39 is 12.7 Å². The summed E-state index contributed by atoms with van der Waals surface area (Å²) < 4.78 is 43.8. The first-order chi connectivity index (χ1) is 11.8. The number of methoxy groups -OCH3 is 1. The second-order valence-corrected chi connectivity index (χ2v) is 6.00. The highest BCUT2D eigenvalue weighted by molar-refractivity contribution is 7.80. The molecule has 0 spiro atoms. The molecule has 2 rings (SSSR count). The summed E-state index contributed by atoms with van der Waals surface area (Å²) in [5.74, 6) is 0.645. The molecule has 0 saturated heterocycles. The van der Waals surface area contributed by atoms with E-state index in [4.69, 9.17) is 17.0 Å². The summed E-state index contributed by atoms with van der Waals surface area (Å²) in [5.41, 5.74) is 2.41. The van der Waals surface area contributed by atoms with Gasteiger partial charge in [0.05, 0.1) is 7.11 Å². The smallest absolute Gasteiger partial charge is 0.406 e. The minimum absolute atomic E-state index is 0.0250. The fraction of sp³-hybridized carbons (Fsp3) is 0.278. The van der Waals surface area contributed by atoms with Crippen LogP contribution in [0, 0.1) is 6.92 Å². The number of thiocarbonyl (C=S) groups is 1. The zero-order valence-corrected chi connectivity index (χ0v) is 14.7. The first-order valence-electron chi connectivity index (χ1n) is 7.59. The molecule has 0 bridgehead atoms. The highest BCUT2D eigenvalue weighted by atomic mass is 32.1. The van der Waals surface area contributed by atoms with Crippen molar-refractivity contribution >= 4 is 23.0 Å². The molecule has 0 aromatic heterocycles. The van der Waals surface area contributed by atoms with Crippen molar-refractivity contribution in [2.45, 2.75) is 19.6 Å². The number of nitrogens with one attached hydrogen (secondary N) is 1. The lowest BCUT2D eigenvalue weighted by molar-refractivity contribution is -0.138. The monoisotopic (exact) mass is 368 g/mol. The molecule has 0 aliphatic heterocycles. The first kappa shape index (κ1) is 19.1. The molecule has 0 saturated carbocycles. The molecule has 2 aromatic carbocycles. The first-order valence-corrected chi connectivity index (χ1v) is 8.00. The molecule has 1 N–H and O–H groups in total. The van der Waals surface area contributed by atoms with Crippen molar-refractivity contribution in [3.63, 3.8) is 0 Å². The molecule has 25 heavy (non-hydrogen) atoms. The molecule has 2 aromatic rings. The van der Waals surface area contributed by atoms with Crippen molar-refractivity contribution in [3.05, 3.63) is 59.7 Å². The fourth-order valence-corrected chi connectivity index (χ4v) is 2.45. The van der Waals surface area contributed by atoms with Gasteiger partial charge in [-0.2, -0.15) is 13.2 Å². The third-order valence-electron chi connectivity index (χ3n) is 3.49. The Morgan fingerprint density at radius 1 is 1.08 bits per heavy atom. The summed E-state index contributed by atoms with van der Waals surface area (Å²) in [7, 11) is 1.53. The van der Waals surface area contributed by atoms with Crippen LogP contribution in [0.25, 0.3) is 0 Å². The second kappa shape index (κ2) is 8.20. The zero-order valence-electron chi connectivity index (χ0n) is 13.9. The number of rotatable bonds is 5. The second-order valence-electron chi connectivity index (χ2n) is 5.62. The zero-order chi connectivity index (χ0) is 18.4. The molecule has 134 valence electrons. The van der Waals surface area contributed by atoms with Crippen molar-refractivity contribution in [2.24, 2.45) is 0 Å². The van der Waals surface area contributed by atoms with E-state index in [1.54, 1.807) is 36.4 Å². The van der Waals surface area contributed by atoms with Gasteiger partial charge in [-0.3, -0.25) is 0 Å². The number of anilines is 1. The lowest BCUT2D eigenvalue weighted by atomic mass is 10.2. The van der Waals surface area contributed by atoms with Crippen LogP contribution in [0.15, 0.2) is 48.5 Å². The Morgan fingerprint density at radius 2 is 1.68 bits per heavy atom. The summed E-state index contributed by atoms with van der Waals surface area (Å²) >= 11 is 5.20. The lowest BCUT2D eigenvalue weighted by Crippen LogP contribution is -2.40. The van der Waals surface area contributed by atoms with E-state index in [2.05, 4.69) is 5.32 Å². The number of hydrogen-bond acceptors (Lipinski definition) is 2. The Bertz CT molecular complexity index is 700. The molecule has 0 amide bonds. The molecule has 0 heterocycles. The van der Waals surface area contributed by atoms with Gasteiger partial charge in [0.1, 0.15) is 12.3 Å². The van der Waals surface area contributed by atoms with Gasteiger partial charge in [0, 0.05) is 12.2 Å². The molecule has 7 heteroatoms. The van der Waals surface area contributed by atoms with Crippen LogP contribution in [0.1, 0.15) is 11.1 Å². The van der Waals surface area contributed by atoms with Crippen molar-refractivity contribution in [2.75, 3.05) is 19.0 Å². The van der Waals surface area contributed by atoms with Gasteiger partial charge < -0.3 is 15.0 Å². The number of halogens is 3. The van der Waals surface area contributed by atoms with Crippen molar-refractivity contribution in [1.82, 2.24) is 4.90 Å². The van der Waals surface area contributed by atoms with Gasteiger partial charge in [-0.1, -0.05) is 29.8 Å². The topological polar surface area (TPSA) is 24.5 Å². The van der Waals surface area contributed by atoms with E-state index in [0.717, 1.165) is 10.5 Å². The van der Waals surface area contributed by atoms with Crippen LogP contribution in [0.3, 0.4) is 0 Å². The van der Waals surface area contributed by atoms with Crippen LogP contribution in [0.2, 0.25) is 0 Å². The predicted molar refractivity (Wildman–Crippen MR) is 96.9 cm³/mol. The average molecular weight is 368 g/mol. The molecule has 0 fully saturated rings. The Kier molecular flexibility index (Phi) is 6.25. The maximum absolute atomic E-state index is 12.9. The van der Waals surface area contributed by atoms with Crippen LogP contribution in [-0.4, -0.2) is 29.8 Å². The molecular weight excluding hydrogens is 349 g/mol.